The summed E-state index contributed by atoms with van der Waals surface area (Å²) in [5.41, 5.74) is -0.170. The van der Waals surface area contributed by atoms with E-state index in [0.717, 1.165) is 5.56 Å². The Morgan fingerprint density at radius 3 is 2.39 bits per heavy atom. The van der Waals surface area contributed by atoms with Crippen molar-refractivity contribution in [1.82, 2.24) is 15.1 Å². The molecule has 2 bridgehead atoms. The van der Waals surface area contributed by atoms with Gasteiger partial charge >= 0.3 is 5.97 Å². The van der Waals surface area contributed by atoms with Gasteiger partial charge in [-0.15, -0.1) is 0 Å². The van der Waals surface area contributed by atoms with Gasteiger partial charge in [-0.25, -0.2) is 4.39 Å². The average molecular weight is 323 g/mol. The normalized spacial score (nSPS) is 29.4. The lowest BCUT2D eigenvalue weighted by Gasteiger charge is -2.50. The fraction of sp³-hybridized carbons (Fsp3) is 0.688. The molecule has 0 spiro atoms. The van der Waals surface area contributed by atoms with Crippen molar-refractivity contribution in [2.75, 3.05) is 6.67 Å². The van der Waals surface area contributed by atoms with Crippen molar-refractivity contribution in [1.29, 1.82) is 0 Å². The Bertz CT molecular complexity index is 589. The molecule has 6 nitrogen and oxygen atoms in total. The summed E-state index contributed by atoms with van der Waals surface area (Å²) in [6, 6.07) is 0. The quantitative estimate of drug-likeness (QED) is 0.837. The molecule has 0 radical (unpaired) electrons. The van der Waals surface area contributed by atoms with E-state index in [1.807, 2.05) is 0 Å². The van der Waals surface area contributed by atoms with Crippen molar-refractivity contribution in [2.45, 2.75) is 51.6 Å². The fourth-order valence-electron chi connectivity index (χ4n) is 3.92. The Morgan fingerprint density at radius 1 is 1.22 bits per heavy atom. The van der Waals surface area contributed by atoms with Gasteiger partial charge in [0.25, 0.3) is 0 Å². The molecule has 23 heavy (non-hydrogen) atoms. The maximum Gasteiger partial charge on any atom is 0.309 e. The second-order valence-corrected chi connectivity index (χ2v) is 6.85. The Balaban J connectivity index is 1.58. The zero-order valence-electron chi connectivity index (χ0n) is 13.1. The Labute approximate surface area is 134 Å². The number of hydrogen-bond donors (Lipinski definition) is 2. The van der Waals surface area contributed by atoms with E-state index in [4.69, 9.17) is 0 Å². The molecule has 0 atom stereocenters. The topological polar surface area (TPSA) is 84.2 Å². The summed E-state index contributed by atoms with van der Waals surface area (Å²) in [5, 5.41) is 16.4. The highest BCUT2D eigenvalue weighted by molar-refractivity contribution is 5.84. The number of halogens is 1. The third-order valence-electron chi connectivity index (χ3n) is 5.64. The number of nitrogens with one attached hydrogen (secondary N) is 1. The molecule has 0 aliphatic heterocycles. The maximum absolute atomic E-state index is 12.6. The van der Waals surface area contributed by atoms with Crippen molar-refractivity contribution in [3.05, 3.63) is 18.0 Å². The molecule has 126 valence electrons. The van der Waals surface area contributed by atoms with E-state index in [9.17, 15) is 19.1 Å². The number of fused-ring (bicyclic) bond motifs is 3. The number of carbonyl (C=O) groups is 2. The highest BCUT2D eigenvalue weighted by atomic mass is 19.1. The van der Waals surface area contributed by atoms with Gasteiger partial charge in [-0.2, -0.15) is 5.10 Å². The molecule has 1 heterocycles. The molecule has 1 amide bonds. The summed E-state index contributed by atoms with van der Waals surface area (Å²) in [6.45, 7) is 0.119. The van der Waals surface area contributed by atoms with Crippen LogP contribution in [-0.2, 0) is 22.7 Å². The number of alkyl halides is 1. The van der Waals surface area contributed by atoms with Crippen molar-refractivity contribution in [3.8, 4) is 0 Å². The van der Waals surface area contributed by atoms with E-state index < -0.39 is 23.5 Å². The van der Waals surface area contributed by atoms with Crippen LogP contribution in [0.5, 0.6) is 0 Å². The van der Waals surface area contributed by atoms with E-state index in [0.29, 0.717) is 45.1 Å². The molecule has 0 unspecified atom stereocenters. The minimum atomic E-state index is -0.716. The summed E-state index contributed by atoms with van der Waals surface area (Å²) < 4.78 is 13.8. The van der Waals surface area contributed by atoms with Crippen molar-refractivity contribution < 1.29 is 19.1 Å². The summed E-state index contributed by atoms with van der Waals surface area (Å²) in [5.74, 6) is -0.707. The van der Waals surface area contributed by atoms with Gasteiger partial charge in [0.15, 0.2) is 0 Å². The molecule has 0 saturated heterocycles. The lowest BCUT2D eigenvalue weighted by molar-refractivity contribution is -0.163. The van der Waals surface area contributed by atoms with Gasteiger partial charge in [0.05, 0.1) is 18.2 Å². The van der Waals surface area contributed by atoms with Gasteiger partial charge in [0.1, 0.15) is 6.67 Å². The predicted octanol–water partition coefficient (Wildman–Crippen LogP) is 1.89. The smallest absolute Gasteiger partial charge is 0.309 e. The highest BCUT2D eigenvalue weighted by Gasteiger charge is 2.55. The maximum atomic E-state index is 12.6. The molecule has 1 aromatic rings. The standard InChI is InChI=1S/C16H22FN3O3/c17-7-8-20-11-12(10-19-20)9-18-13(21)15-1-4-16(5-2-15,6-3-15)14(22)23/h10-11H,1-9H2,(H,18,21)(H,22,23). The lowest BCUT2D eigenvalue weighted by atomic mass is 9.53. The van der Waals surface area contributed by atoms with Gasteiger partial charge < -0.3 is 10.4 Å². The molecule has 3 aliphatic carbocycles. The number of carboxylic acids is 1. The van der Waals surface area contributed by atoms with Crippen molar-refractivity contribution >= 4 is 11.9 Å². The van der Waals surface area contributed by atoms with Crippen LogP contribution in [0.25, 0.3) is 0 Å². The van der Waals surface area contributed by atoms with Crippen LogP contribution in [-0.4, -0.2) is 33.4 Å². The molecule has 4 rings (SSSR count). The van der Waals surface area contributed by atoms with Gasteiger partial charge in [-0.1, -0.05) is 0 Å². The van der Waals surface area contributed by atoms with Crippen LogP contribution in [0.2, 0.25) is 0 Å². The molecular formula is C16H22FN3O3. The molecule has 7 heteroatoms. The number of aliphatic carboxylic acids is 1. The molecule has 2 N–H and O–H groups in total. The van der Waals surface area contributed by atoms with Crippen LogP contribution in [0.4, 0.5) is 4.39 Å². The number of rotatable bonds is 6. The number of nitrogens with zero attached hydrogens (tertiary/aromatic N) is 2. The summed E-state index contributed by atoms with van der Waals surface area (Å²) >= 11 is 0. The van der Waals surface area contributed by atoms with Crippen LogP contribution >= 0.6 is 0 Å². The third-order valence-corrected chi connectivity index (χ3v) is 5.64. The van der Waals surface area contributed by atoms with Gasteiger partial charge in [0, 0.05) is 23.7 Å². The van der Waals surface area contributed by atoms with E-state index in [-0.39, 0.29) is 12.5 Å². The van der Waals surface area contributed by atoms with Gasteiger partial charge in [-0.05, 0) is 38.5 Å². The SMILES string of the molecule is O=C(O)C12CCC(C(=O)NCc3cnn(CCF)c3)(CC1)CC2. The fourth-order valence-corrected chi connectivity index (χ4v) is 3.92. The molecule has 1 aromatic heterocycles. The van der Waals surface area contributed by atoms with Crippen LogP contribution < -0.4 is 5.32 Å². The summed E-state index contributed by atoms with van der Waals surface area (Å²) in [7, 11) is 0. The van der Waals surface area contributed by atoms with E-state index >= 15 is 0 Å². The van der Waals surface area contributed by atoms with Gasteiger partial charge in [0.2, 0.25) is 5.91 Å². The van der Waals surface area contributed by atoms with E-state index in [1.54, 1.807) is 12.4 Å². The number of aryl methyl sites for hydroxylation is 1. The minimum Gasteiger partial charge on any atom is -0.481 e. The molecule has 3 saturated carbocycles. The van der Waals surface area contributed by atoms with Gasteiger partial charge in [-0.3, -0.25) is 14.3 Å². The first kappa shape index (κ1) is 16.0. The Kier molecular flexibility index (Phi) is 4.12. The number of hydrogen-bond acceptors (Lipinski definition) is 3. The average Bonchev–Trinajstić information content (AvgIpc) is 3.02. The van der Waals surface area contributed by atoms with Crippen LogP contribution in [0, 0.1) is 10.8 Å². The van der Waals surface area contributed by atoms with Crippen LogP contribution in [0.1, 0.15) is 44.1 Å². The first-order valence-electron chi connectivity index (χ1n) is 8.09. The zero-order chi connectivity index (χ0) is 16.5. The number of carbonyl (C=O) groups excluding carboxylic acids is 1. The van der Waals surface area contributed by atoms with Crippen LogP contribution in [0.15, 0.2) is 12.4 Å². The third kappa shape index (κ3) is 2.84. The Hall–Kier alpha value is -1.92. The zero-order valence-corrected chi connectivity index (χ0v) is 13.1. The first-order valence-corrected chi connectivity index (χ1v) is 8.09. The van der Waals surface area contributed by atoms with Crippen molar-refractivity contribution in [2.24, 2.45) is 10.8 Å². The lowest BCUT2D eigenvalue weighted by Crippen LogP contribution is -2.52. The molecular weight excluding hydrogens is 301 g/mol. The highest BCUT2D eigenvalue weighted by Crippen LogP contribution is 2.57. The number of aromatic nitrogens is 2. The minimum absolute atomic E-state index is 0.00873. The number of amides is 1. The van der Waals surface area contributed by atoms with E-state index in [2.05, 4.69) is 10.4 Å². The largest absolute Gasteiger partial charge is 0.481 e. The molecule has 3 fully saturated rings. The number of carboxylic acid groups (broad SMARTS) is 1. The van der Waals surface area contributed by atoms with Crippen LogP contribution in [0.3, 0.4) is 0 Å². The predicted molar refractivity (Wildman–Crippen MR) is 80.3 cm³/mol. The molecule has 3 aliphatic rings. The second-order valence-electron chi connectivity index (χ2n) is 6.85. The van der Waals surface area contributed by atoms with E-state index in [1.165, 1.54) is 4.68 Å². The van der Waals surface area contributed by atoms with Crippen molar-refractivity contribution in [3.63, 3.8) is 0 Å². The first-order chi connectivity index (χ1) is 11.0. The summed E-state index contributed by atoms with van der Waals surface area (Å²) in [6.07, 6.45) is 7.06. The molecule has 0 aromatic carbocycles. The summed E-state index contributed by atoms with van der Waals surface area (Å²) in [4.78, 5) is 24.0. The monoisotopic (exact) mass is 323 g/mol. The second kappa shape index (κ2) is 5.94. The Morgan fingerprint density at radius 2 is 1.83 bits per heavy atom.